The molecule has 1 amide bonds. The number of phosphoric acid groups is 1. The van der Waals surface area contributed by atoms with Gasteiger partial charge in [-0.2, -0.15) is 0 Å². The maximum absolute atomic E-state index is 11.6. The monoisotopic (exact) mass is 476 g/mol. The normalized spacial score (nSPS) is 13.6. The molecule has 0 aromatic rings. The maximum Gasteiger partial charge on any atom is 0.472 e. The summed E-state index contributed by atoms with van der Waals surface area (Å²) in [6.07, 6.45) is 21.7. The topological polar surface area (TPSA) is 120 Å². The van der Waals surface area contributed by atoms with Crippen molar-refractivity contribution in [3.8, 4) is 0 Å². The van der Waals surface area contributed by atoms with E-state index in [0.29, 0.717) is 13.0 Å². The highest BCUT2D eigenvalue weighted by molar-refractivity contribution is 7.47. The molecule has 32 heavy (non-hydrogen) atoms. The molecule has 4 N–H and O–H groups in total. The molecular formula is C23H45N2O6P. The van der Waals surface area contributed by atoms with Crippen molar-refractivity contribution in [3.05, 3.63) is 24.3 Å². The Labute approximate surface area is 194 Å². The van der Waals surface area contributed by atoms with Crippen LogP contribution in [0.3, 0.4) is 0 Å². The van der Waals surface area contributed by atoms with E-state index in [4.69, 9.17) is 15.0 Å². The number of unbranched alkanes of at least 4 members (excludes halogenated alkanes) is 8. The first kappa shape index (κ1) is 30.8. The van der Waals surface area contributed by atoms with Crippen molar-refractivity contribution in [1.82, 2.24) is 5.32 Å². The van der Waals surface area contributed by atoms with Gasteiger partial charge in [0, 0.05) is 19.5 Å². The first-order valence-corrected chi connectivity index (χ1v) is 13.5. The van der Waals surface area contributed by atoms with Crippen molar-refractivity contribution >= 4 is 13.9 Å². The molecule has 0 aliphatic rings. The summed E-state index contributed by atoms with van der Waals surface area (Å²) >= 11 is 0. The zero-order chi connectivity index (χ0) is 23.8. The van der Waals surface area contributed by atoms with Crippen molar-refractivity contribution < 1.29 is 28.0 Å². The lowest BCUT2D eigenvalue weighted by Gasteiger charge is -2.11. The molecule has 0 bridgehead atoms. The van der Waals surface area contributed by atoms with Crippen LogP contribution in [0.25, 0.3) is 0 Å². The number of allylic oxidation sites excluding steroid dienone is 4. The first-order valence-electron chi connectivity index (χ1n) is 12.0. The zero-order valence-corrected chi connectivity index (χ0v) is 20.7. The minimum Gasteiger partial charge on any atom is -0.449 e. The van der Waals surface area contributed by atoms with E-state index in [0.717, 1.165) is 32.1 Å². The summed E-state index contributed by atoms with van der Waals surface area (Å²) in [5, 5.41) is 2.70. The van der Waals surface area contributed by atoms with Gasteiger partial charge in [-0.1, -0.05) is 63.3 Å². The molecule has 8 nitrogen and oxygen atoms in total. The first-order chi connectivity index (χ1) is 15.5. The second-order valence-corrected chi connectivity index (χ2v) is 9.02. The number of phosphoric ester groups is 1. The Kier molecular flexibility index (Phi) is 22.1. The van der Waals surface area contributed by atoms with Crippen LogP contribution >= 0.6 is 7.82 Å². The smallest absolute Gasteiger partial charge is 0.449 e. The minimum atomic E-state index is -4.06. The molecule has 0 saturated heterocycles. The molecule has 188 valence electrons. The number of carbonyl (C=O) groups is 1. The van der Waals surface area contributed by atoms with E-state index in [1.807, 2.05) is 0 Å². The van der Waals surface area contributed by atoms with Crippen LogP contribution in [0.5, 0.6) is 0 Å². The predicted octanol–water partition coefficient (Wildman–Crippen LogP) is 5.62. The lowest BCUT2D eigenvalue weighted by atomic mass is 10.1. The molecule has 9 heteroatoms. The van der Waals surface area contributed by atoms with Crippen molar-refractivity contribution in [2.75, 3.05) is 32.9 Å². The molecule has 0 fully saturated rings. The number of rotatable bonds is 22. The van der Waals surface area contributed by atoms with Crippen LogP contribution in [-0.2, 0) is 18.3 Å². The van der Waals surface area contributed by atoms with Crippen molar-refractivity contribution in [3.63, 3.8) is 0 Å². The molecule has 0 aromatic heterocycles. The van der Waals surface area contributed by atoms with Crippen molar-refractivity contribution in [2.24, 2.45) is 5.73 Å². The van der Waals surface area contributed by atoms with Crippen LogP contribution in [0.2, 0.25) is 0 Å². The number of hydrogen-bond acceptors (Lipinski definition) is 6. The number of carbonyl (C=O) groups excluding carboxylic acids is 1. The van der Waals surface area contributed by atoms with Gasteiger partial charge >= 0.3 is 13.9 Å². The Hall–Kier alpha value is -1.18. The van der Waals surface area contributed by atoms with Crippen LogP contribution in [0.15, 0.2) is 24.3 Å². The van der Waals surface area contributed by atoms with Gasteiger partial charge in [0.15, 0.2) is 0 Å². The van der Waals surface area contributed by atoms with Crippen LogP contribution in [0, 0.1) is 0 Å². The van der Waals surface area contributed by atoms with Crippen LogP contribution in [0.4, 0.5) is 4.79 Å². The summed E-state index contributed by atoms with van der Waals surface area (Å²) in [6.45, 7) is 2.94. The number of alkyl carbamates (subject to hydrolysis) is 1. The fraction of sp³-hybridized carbons (Fsp3) is 0.783. The quantitative estimate of drug-likeness (QED) is 0.105. The standard InChI is InChI=1S/C23H45N2O6P/c1-2-3-4-5-6-7-8-9-10-11-12-13-14-15-16-19-25-23(26)29-20-17-21-30-32(27,28)31-22-18-24/h6-7,9-10H,2-5,8,11-22,24H2,1H3,(H,25,26)(H,27,28)/b7-6-,10-9-. The lowest BCUT2D eigenvalue weighted by molar-refractivity contribution is 0.122. The molecule has 0 aliphatic heterocycles. The Morgan fingerprint density at radius 1 is 0.875 bits per heavy atom. The van der Waals surface area contributed by atoms with Gasteiger partial charge in [-0.15, -0.1) is 0 Å². The van der Waals surface area contributed by atoms with Crippen LogP contribution < -0.4 is 11.1 Å². The van der Waals surface area contributed by atoms with Gasteiger partial charge in [-0.05, 0) is 38.5 Å². The third-order valence-electron chi connectivity index (χ3n) is 4.55. The van der Waals surface area contributed by atoms with Gasteiger partial charge in [-0.3, -0.25) is 9.05 Å². The van der Waals surface area contributed by atoms with E-state index in [-0.39, 0.29) is 26.4 Å². The van der Waals surface area contributed by atoms with Gasteiger partial charge in [-0.25, -0.2) is 9.36 Å². The van der Waals surface area contributed by atoms with E-state index in [1.165, 1.54) is 38.5 Å². The fourth-order valence-corrected chi connectivity index (χ4v) is 3.56. The average Bonchev–Trinajstić information content (AvgIpc) is 2.77. The largest absolute Gasteiger partial charge is 0.472 e. The summed E-state index contributed by atoms with van der Waals surface area (Å²) in [7, 11) is -4.06. The number of nitrogens with one attached hydrogen (secondary N) is 1. The Bertz CT molecular complexity index is 543. The minimum absolute atomic E-state index is 0.0451. The maximum atomic E-state index is 11.6. The highest BCUT2D eigenvalue weighted by Crippen LogP contribution is 2.42. The second kappa shape index (κ2) is 23.0. The average molecular weight is 477 g/mol. The lowest BCUT2D eigenvalue weighted by Crippen LogP contribution is -2.25. The fourth-order valence-electron chi connectivity index (χ4n) is 2.79. The van der Waals surface area contributed by atoms with E-state index >= 15 is 0 Å². The van der Waals surface area contributed by atoms with Gasteiger partial charge in [0.05, 0.1) is 19.8 Å². The molecule has 0 spiro atoms. The van der Waals surface area contributed by atoms with Gasteiger partial charge in [0.2, 0.25) is 0 Å². The zero-order valence-electron chi connectivity index (χ0n) is 19.8. The molecule has 1 atom stereocenters. The van der Waals surface area contributed by atoms with Crippen LogP contribution in [-0.4, -0.2) is 43.9 Å². The summed E-state index contributed by atoms with van der Waals surface area (Å²) in [5.74, 6) is 0. The summed E-state index contributed by atoms with van der Waals surface area (Å²) in [5.41, 5.74) is 5.18. The van der Waals surface area contributed by atoms with E-state index in [1.54, 1.807) is 0 Å². The molecule has 0 heterocycles. The third kappa shape index (κ3) is 23.5. The highest BCUT2D eigenvalue weighted by Gasteiger charge is 2.19. The summed E-state index contributed by atoms with van der Waals surface area (Å²) in [4.78, 5) is 20.9. The van der Waals surface area contributed by atoms with E-state index < -0.39 is 13.9 Å². The molecule has 0 saturated carbocycles. The molecule has 1 unspecified atom stereocenters. The SMILES string of the molecule is CCCCC/C=C\C/C=C\CCCCCCCNC(=O)OCCCOP(=O)(O)OCCN. The van der Waals surface area contributed by atoms with Crippen LogP contribution in [0.1, 0.15) is 84.0 Å². The molecule has 0 aliphatic carbocycles. The molecular weight excluding hydrogens is 431 g/mol. The molecule has 0 rings (SSSR count). The van der Waals surface area contributed by atoms with E-state index in [2.05, 4.69) is 41.1 Å². The Morgan fingerprint density at radius 2 is 1.50 bits per heavy atom. The second-order valence-electron chi connectivity index (χ2n) is 7.57. The van der Waals surface area contributed by atoms with Crippen molar-refractivity contribution in [1.29, 1.82) is 0 Å². The Morgan fingerprint density at radius 3 is 2.19 bits per heavy atom. The number of hydrogen-bond donors (Lipinski definition) is 3. The van der Waals surface area contributed by atoms with Gasteiger partial charge < -0.3 is 20.7 Å². The summed E-state index contributed by atoms with van der Waals surface area (Å²) < 4.78 is 25.7. The molecule has 0 radical (unpaired) electrons. The highest BCUT2D eigenvalue weighted by atomic mass is 31.2. The van der Waals surface area contributed by atoms with E-state index in [9.17, 15) is 14.3 Å². The van der Waals surface area contributed by atoms with Gasteiger partial charge in [0.25, 0.3) is 0 Å². The number of ether oxygens (including phenoxy) is 1. The predicted molar refractivity (Wildman–Crippen MR) is 129 cm³/mol. The van der Waals surface area contributed by atoms with Gasteiger partial charge in [0.1, 0.15) is 0 Å². The third-order valence-corrected chi connectivity index (χ3v) is 5.56. The number of nitrogens with two attached hydrogens (primary N) is 1. The number of amides is 1. The Balaban J connectivity index is 3.39. The summed E-state index contributed by atoms with van der Waals surface area (Å²) in [6, 6.07) is 0. The van der Waals surface area contributed by atoms with Crippen molar-refractivity contribution in [2.45, 2.75) is 84.0 Å². The molecule has 0 aromatic carbocycles.